The Hall–Kier alpha value is -2.62. The third-order valence-electron chi connectivity index (χ3n) is 2.71. The Balaban J connectivity index is 3.07. The quantitative estimate of drug-likeness (QED) is 0.647. The third-order valence-corrected chi connectivity index (χ3v) is 2.71. The molecule has 0 heterocycles. The van der Waals surface area contributed by atoms with Crippen LogP contribution in [-0.4, -0.2) is 22.0 Å². The molecule has 106 valence electrons. The molecule has 1 rings (SSSR count). The van der Waals surface area contributed by atoms with E-state index in [1.807, 2.05) is 6.07 Å². The van der Waals surface area contributed by atoms with Gasteiger partial charge in [0.25, 0.3) is 11.6 Å². The van der Waals surface area contributed by atoms with Crippen molar-refractivity contribution < 1.29 is 14.8 Å². The molecule has 0 aliphatic rings. The van der Waals surface area contributed by atoms with Crippen LogP contribution in [0.4, 0.5) is 5.69 Å². The molecule has 1 amide bonds. The molecule has 0 fully saturated rings. The number of non-ortho nitro benzene ring substituents is 1. The predicted octanol–water partition coefficient (Wildman–Crippen LogP) is 1.97. The maximum atomic E-state index is 12.0. The first-order valence-corrected chi connectivity index (χ1v) is 5.84. The molecule has 0 spiro atoms. The topological polar surface area (TPSA) is 116 Å². The monoisotopic (exact) mass is 277 g/mol. The van der Waals surface area contributed by atoms with Gasteiger partial charge >= 0.3 is 0 Å². The van der Waals surface area contributed by atoms with Crippen molar-refractivity contribution in [2.75, 3.05) is 0 Å². The minimum atomic E-state index is -0.784. The Morgan fingerprint density at radius 3 is 2.55 bits per heavy atom. The van der Waals surface area contributed by atoms with E-state index in [1.165, 1.54) is 0 Å². The fourth-order valence-electron chi connectivity index (χ4n) is 1.47. The van der Waals surface area contributed by atoms with E-state index in [-0.39, 0.29) is 17.0 Å². The van der Waals surface area contributed by atoms with Gasteiger partial charge in [-0.25, -0.2) is 0 Å². The van der Waals surface area contributed by atoms with Crippen molar-refractivity contribution in [3.05, 3.63) is 33.9 Å². The van der Waals surface area contributed by atoms with Crippen LogP contribution in [-0.2, 0) is 0 Å². The number of nitrogens with zero attached hydrogens (tertiary/aromatic N) is 2. The average Bonchev–Trinajstić information content (AvgIpc) is 2.34. The van der Waals surface area contributed by atoms with Crippen LogP contribution in [0, 0.1) is 26.9 Å². The van der Waals surface area contributed by atoms with E-state index in [0.29, 0.717) is 0 Å². The Morgan fingerprint density at radius 2 is 2.10 bits per heavy atom. The smallest absolute Gasteiger partial charge is 0.270 e. The highest BCUT2D eigenvalue weighted by atomic mass is 16.6. The molecule has 1 aromatic rings. The van der Waals surface area contributed by atoms with E-state index in [9.17, 15) is 20.0 Å². The Labute approximate surface area is 116 Å². The number of nitro groups is 1. The number of nitriles is 1. The van der Waals surface area contributed by atoms with E-state index in [0.717, 1.165) is 18.2 Å². The van der Waals surface area contributed by atoms with Crippen molar-refractivity contribution >= 4 is 11.6 Å². The number of hydrogen-bond donors (Lipinski definition) is 2. The average molecular weight is 277 g/mol. The van der Waals surface area contributed by atoms with Crippen molar-refractivity contribution in [3.63, 3.8) is 0 Å². The van der Waals surface area contributed by atoms with E-state index in [1.54, 1.807) is 20.8 Å². The van der Waals surface area contributed by atoms with Gasteiger partial charge in [0.15, 0.2) is 0 Å². The van der Waals surface area contributed by atoms with E-state index in [2.05, 4.69) is 5.32 Å². The zero-order valence-corrected chi connectivity index (χ0v) is 11.4. The van der Waals surface area contributed by atoms with Crippen LogP contribution < -0.4 is 5.32 Å². The SMILES string of the molecule is CC(C)(C)[C@@H](C#N)NC(=O)c1cc([N+](=O)[O-])ccc1O. The second-order valence-electron chi connectivity index (χ2n) is 5.36. The highest BCUT2D eigenvalue weighted by Crippen LogP contribution is 2.24. The van der Waals surface area contributed by atoms with Crippen LogP contribution in [0.3, 0.4) is 0 Å². The molecule has 1 aromatic carbocycles. The molecule has 0 aliphatic heterocycles. The molecule has 0 saturated carbocycles. The second kappa shape index (κ2) is 5.57. The molecule has 0 saturated heterocycles. The normalized spacial score (nSPS) is 12.3. The Kier molecular flexibility index (Phi) is 4.30. The van der Waals surface area contributed by atoms with Gasteiger partial charge in [-0.1, -0.05) is 20.8 Å². The fourth-order valence-corrected chi connectivity index (χ4v) is 1.47. The molecule has 0 unspecified atom stereocenters. The number of hydrogen-bond acceptors (Lipinski definition) is 5. The molecular weight excluding hydrogens is 262 g/mol. The number of nitrogens with one attached hydrogen (secondary N) is 1. The van der Waals surface area contributed by atoms with Gasteiger partial charge in [0.1, 0.15) is 11.8 Å². The molecular formula is C13H15N3O4. The largest absolute Gasteiger partial charge is 0.507 e. The molecule has 0 radical (unpaired) electrons. The lowest BCUT2D eigenvalue weighted by Crippen LogP contribution is -2.42. The van der Waals surface area contributed by atoms with Gasteiger partial charge in [-0.15, -0.1) is 0 Å². The summed E-state index contributed by atoms with van der Waals surface area (Å²) in [5.41, 5.74) is -1.04. The van der Waals surface area contributed by atoms with Crippen molar-refractivity contribution in [1.29, 1.82) is 5.26 Å². The summed E-state index contributed by atoms with van der Waals surface area (Å²) in [6.45, 7) is 5.32. The predicted molar refractivity (Wildman–Crippen MR) is 71.1 cm³/mol. The van der Waals surface area contributed by atoms with Crippen LogP contribution in [0.1, 0.15) is 31.1 Å². The summed E-state index contributed by atoms with van der Waals surface area (Å²) in [4.78, 5) is 22.0. The van der Waals surface area contributed by atoms with Gasteiger partial charge in [-0.3, -0.25) is 14.9 Å². The first kappa shape index (κ1) is 15.4. The van der Waals surface area contributed by atoms with Crippen molar-refractivity contribution in [1.82, 2.24) is 5.32 Å². The number of phenols is 1. The van der Waals surface area contributed by atoms with Crippen molar-refractivity contribution in [2.45, 2.75) is 26.8 Å². The third kappa shape index (κ3) is 3.45. The van der Waals surface area contributed by atoms with Gasteiger partial charge < -0.3 is 10.4 Å². The van der Waals surface area contributed by atoms with Gasteiger partial charge in [0.2, 0.25) is 0 Å². The van der Waals surface area contributed by atoms with Crippen LogP contribution in [0.25, 0.3) is 0 Å². The minimum absolute atomic E-state index is 0.233. The molecule has 2 N–H and O–H groups in total. The summed E-state index contributed by atoms with van der Waals surface area (Å²) in [5, 5.41) is 31.8. The Bertz CT molecular complexity index is 584. The highest BCUT2D eigenvalue weighted by molar-refractivity contribution is 5.97. The number of carbonyl (C=O) groups is 1. The van der Waals surface area contributed by atoms with Crippen molar-refractivity contribution in [2.24, 2.45) is 5.41 Å². The summed E-state index contributed by atoms with van der Waals surface area (Å²) in [5.74, 6) is -1.11. The maximum absolute atomic E-state index is 12.0. The molecule has 0 bridgehead atoms. The lowest BCUT2D eigenvalue weighted by atomic mass is 9.87. The van der Waals surface area contributed by atoms with Crippen molar-refractivity contribution in [3.8, 4) is 11.8 Å². The highest BCUT2D eigenvalue weighted by Gasteiger charge is 2.27. The van der Waals surface area contributed by atoms with Gasteiger partial charge in [-0.2, -0.15) is 5.26 Å². The zero-order chi connectivity index (χ0) is 15.5. The summed E-state index contributed by atoms with van der Waals surface area (Å²) in [6, 6.07) is 4.31. The first-order chi connectivity index (χ1) is 9.16. The number of nitro benzene ring substituents is 1. The summed E-state index contributed by atoms with van der Waals surface area (Å²) < 4.78 is 0. The number of benzene rings is 1. The number of rotatable bonds is 3. The minimum Gasteiger partial charge on any atom is -0.507 e. The molecule has 20 heavy (non-hydrogen) atoms. The van der Waals surface area contributed by atoms with Gasteiger partial charge in [0.05, 0.1) is 16.6 Å². The maximum Gasteiger partial charge on any atom is 0.270 e. The summed E-state index contributed by atoms with van der Waals surface area (Å²) in [7, 11) is 0. The van der Waals surface area contributed by atoms with E-state index >= 15 is 0 Å². The zero-order valence-electron chi connectivity index (χ0n) is 11.4. The first-order valence-electron chi connectivity index (χ1n) is 5.84. The molecule has 0 aromatic heterocycles. The number of carbonyl (C=O) groups excluding carboxylic acids is 1. The fraction of sp³-hybridized carbons (Fsp3) is 0.385. The van der Waals surface area contributed by atoms with E-state index in [4.69, 9.17) is 5.26 Å². The molecule has 1 atom stereocenters. The number of phenolic OH excluding ortho intramolecular Hbond substituents is 1. The van der Waals surface area contributed by atoms with Crippen LogP contribution >= 0.6 is 0 Å². The van der Waals surface area contributed by atoms with Crippen LogP contribution in [0.2, 0.25) is 0 Å². The summed E-state index contributed by atoms with van der Waals surface area (Å²) in [6.07, 6.45) is 0. The standard InChI is InChI=1S/C13H15N3O4/c1-13(2,3)11(7-14)15-12(18)9-6-8(16(19)20)4-5-10(9)17/h4-6,11,17H,1-3H3,(H,15,18)/t11-/m1/s1. The molecule has 7 heteroatoms. The number of aromatic hydroxyl groups is 1. The van der Waals surface area contributed by atoms with E-state index < -0.39 is 22.3 Å². The van der Waals surface area contributed by atoms with Crippen LogP contribution in [0.15, 0.2) is 18.2 Å². The lowest BCUT2D eigenvalue weighted by Gasteiger charge is -2.25. The lowest BCUT2D eigenvalue weighted by molar-refractivity contribution is -0.384. The molecule has 7 nitrogen and oxygen atoms in total. The molecule has 0 aliphatic carbocycles. The van der Waals surface area contributed by atoms with Crippen LogP contribution in [0.5, 0.6) is 5.75 Å². The number of amides is 1. The van der Waals surface area contributed by atoms with Gasteiger partial charge in [-0.05, 0) is 11.5 Å². The summed E-state index contributed by atoms with van der Waals surface area (Å²) >= 11 is 0. The second-order valence-corrected chi connectivity index (χ2v) is 5.36. The Morgan fingerprint density at radius 1 is 1.50 bits per heavy atom. The van der Waals surface area contributed by atoms with Gasteiger partial charge in [0, 0.05) is 12.1 Å².